The van der Waals surface area contributed by atoms with Crippen LogP contribution in [0.15, 0.2) is 83.4 Å². The van der Waals surface area contributed by atoms with Crippen LogP contribution in [0.25, 0.3) is 0 Å². The zero-order valence-corrected chi connectivity index (χ0v) is 30.5. The third kappa shape index (κ3) is 6.68. The van der Waals surface area contributed by atoms with Gasteiger partial charge in [-0.05, 0) is 49.8 Å². The molecule has 10 nitrogen and oxygen atoms in total. The van der Waals surface area contributed by atoms with Gasteiger partial charge in [-0.25, -0.2) is 0 Å². The van der Waals surface area contributed by atoms with Crippen LogP contribution in [0.3, 0.4) is 0 Å². The fraction of sp³-hybridized carbons (Fsp3) is 0.500. The van der Waals surface area contributed by atoms with Gasteiger partial charge in [0.1, 0.15) is 29.8 Å². The molecule has 2 saturated heterocycles. The number of likely N-dealkylation sites (tertiary alicyclic amines) is 1. The second kappa shape index (κ2) is 15.0. The van der Waals surface area contributed by atoms with Gasteiger partial charge in [0.15, 0.2) is 0 Å². The molecule has 1 saturated carbocycles. The Bertz CT molecular complexity index is 1680. The highest BCUT2D eigenvalue weighted by molar-refractivity contribution is 9.11. The number of fused-ring (bicyclic) bond motifs is 2. The van der Waals surface area contributed by atoms with Crippen molar-refractivity contribution in [2.45, 2.75) is 100 Å². The first-order valence-corrected chi connectivity index (χ1v) is 19.1. The fourth-order valence-corrected chi connectivity index (χ4v) is 9.67. The predicted molar refractivity (Wildman–Crippen MR) is 193 cm³/mol. The maximum atomic E-state index is 15.3. The number of rotatable bonds is 6. The minimum atomic E-state index is -1.46. The number of hydrogen-bond donors (Lipinski definition) is 2. The summed E-state index contributed by atoms with van der Waals surface area (Å²) >= 11 is 3.65. The van der Waals surface area contributed by atoms with Crippen LogP contribution in [0.4, 0.5) is 0 Å². The Hall–Kier alpha value is -3.80. The van der Waals surface area contributed by atoms with E-state index in [0.717, 1.165) is 37.7 Å². The van der Waals surface area contributed by atoms with E-state index in [1.54, 1.807) is 6.92 Å². The van der Waals surface area contributed by atoms with Crippen molar-refractivity contribution in [3.05, 3.63) is 94.5 Å². The number of aliphatic hydroxyl groups excluding tert-OH is 1. The number of ether oxygens (including phenoxy) is 2. The second-order valence-electron chi connectivity index (χ2n) is 14.5. The van der Waals surface area contributed by atoms with Gasteiger partial charge in [-0.3, -0.25) is 19.2 Å². The molecule has 7 rings (SSSR count). The summed E-state index contributed by atoms with van der Waals surface area (Å²) in [6, 6.07) is 16.3. The molecule has 4 heterocycles. The number of carbonyl (C=O) groups excluding carboxylic acids is 4. The third-order valence-corrected chi connectivity index (χ3v) is 12.0. The van der Waals surface area contributed by atoms with Crippen molar-refractivity contribution in [2.24, 2.45) is 11.8 Å². The minimum Gasteiger partial charge on any atom is -0.455 e. The monoisotopic (exact) mass is 759 g/mol. The average Bonchev–Trinajstić information content (AvgIpc) is 3.74. The molecule has 8 atom stereocenters. The molecule has 0 unspecified atom stereocenters. The van der Waals surface area contributed by atoms with Gasteiger partial charge in [0.05, 0.1) is 24.6 Å². The zero-order valence-electron chi connectivity index (χ0n) is 28.9. The van der Waals surface area contributed by atoms with Crippen LogP contribution in [-0.2, 0) is 35.1 Å². The average molecular weight is 761 g/mol. The van der Waals surface area contributed by atoms with Gasteiger partial charge in [-0.2, -0.15) is 0 Å². The van der Waals surface area contributed by atoms with Gasteiger partial charge in [-0.1, -0.05) is 108 Å². The molecule has 0 aromatic heterocycles. The van der Waals surface area contributed by atoms with Gasteiger partial charge in [0.25, 0.3) is 0 Å². The molecular weight excluding hydrogens is 714 g/mol. The van der Waals surface area contributed by atoms with Gasteiger partial charge in [0, 0.05) is 23.5 Å². The van der Waals surface area contributed by atoms with Gasteiger partial charge < -0.3 is 29.7 Å². The van der Waals surface area contributed by atoms with Gasteiger partial charge >= 0.3 is 5.97 Å². The highest BCUT2D eigenvalue weighted by Gasteiger charge is 2.75. The lowest BCUT2D eigenvalue weighted by atomic mass is 9.74. The molecular formula is C40H46BrN3O7. The molecule has 5 aliphatic rings. The van der Waals surface area contributed by atoms with Crippen LogP contribution in [-0.4, -0.2) is 87.6 Å². The lowest BCUT2D eigenvalue weighted by Crippen LogP contribution is -2.60. The molecule has 3 amide bonds. The van der Waals surface area contributed by atoms with Crippen LogP contribution < -0.4 is 5.32 Å². The number of aliphatic hydroxyl groups is 1. The number of esters is 1. The van der Waals surface area contributed by atoms with E-state index in [1.165, 1.54) is 4.90 Å². The summed E-state index contributed by atoms with van der Waals surface area (Å²) in [6.45, 7) is 1.72. The maximum absolute atomic E-state index is 15.3. The molecule has 1 aliphatic carbocycles. The molecule has 2 aromatic carbocycles. The van der Waals surface area contributed by atoms with Crippen molar-refractivity contribution in [3.63, 3.8) is 0 Å². The lowest BCUT2D eigenvalue weighted by Gasteiger charge is -2.42. The summed E-state index contributed by atoms with van der Waals surface area (Å²) < 4.78 is 13.6. The van der Waals surface area contributed by atoms with Crippen LogP contribution in [0.1, 0.15) is 69.1 Å². The third-order valence-electron chi connectivity index (χ3n) is 11.3. The number of amides is 3. The Balaban J connectivity index is 1.34. The van der Waals surface area contributed by atoms with E-state index >= 15 is 4.79 Å². The van der Waals surface area contributed by atoms with Crippen LogP contribution in [0.2, 0.25) is 0 Å². The Kier molecular flexibility index (Phi) is 10.5. The van der Waals surface area contributed by atoms with Crippen molar-refractivity contribution < 1.29 is 33.8 Å². The van der Waals surface area contributed by atoms with Crippen molar-refractivity contribution in [3.8, 4) is 0 Å². The molecule has 5 bridgehead atoms. The number of nitrogens with zero attached hydrogens (tertiary/aromatic N) is 2. The molecule has 270 valence electrons. The van der Waals surface area contributed by atoms with E-state index < -0.39 is 59.6 Å². The van der Waals surface area contributed by atoms with Crippen molar-refractivity contribution in [2.75, 3.05) is 13.2 Å². The number of nitrogens with one attached hydrogen (secondary N) is 1. The Labute approximate surface area is 307 Å². The van der Waals surface area contributed by atoms with Crippen LogP contribution in [0.5, 0.6) is 0 Å². The molecule has 4 aliphatic heterocycles. The molecule has 51 heavy (non-hydrogen) atoms. The van der Waals surface area contributed by atoms with Crippen molar-refractivity contribution in [1.29, 1.82) is 0 Å². The maximum Gasteiger partial charge on any atom is 0.313 e. The summed E-state index contributed by atoms with van der Waals surface area (Å²) in [6.07, 6.45) is 9.75. The Morgan fingerprint density at radius 2 is 1.65 bits per heavy atom. The van der Waals surface area contributed by atoms with E-state index in [-0.39, 0.29) is 30.9 Å². The molecule has 0 radical (unpaired) electrons. The first kappa shape index (κ1) is 35.6. The number of cyclic esters (lactones) is 1. The molecule has 1 spiro atoms. The van der Waals surface area contributed by atoms with Gasteiger partial charge in [-0.15, -0.1) is 0 Å². The fourth-order valence-electron chi connectivity index (χ4n) is 8.93. The van der Waals surface area contributed by atoms with E-state index in [2.05, 4.69) is 21.2 Å². The zero-order chi connectivity index (χ0) is 35.7. The number of hydrogen-bond acceptors (Lipinski definition) is 7. The number of carbonyl (C=O) groups is 4. The highest BCUT2D eigenvalue weighted by Crippen LogP contribution is 2.59. The number of halogens is 1. The van der Waals surface area contributed by atoms with Crippen molar-refractivity contribution in [1.82, 2.24) is 15.1 Å². The smallest absolute Gasteiger partial charge is 0.313 e. The predicted octanol–water partition coefficient (Wildman–Crippen LogP) is 4.76. The normalized spacial score (nSPS) is 33.0. The quantitative estimate of drug-likeness (QED) is 0.322. The van der Waals surface area contributed by atoms with Crippen molar-refractivity contribution >= 4 is 39.6 Å². The molecule has 2 N–H and O–H groups in total. The lowest BCUT2D eigenvalue weighted by molar-refractivity contribution is -0.162. The van der Waals surface area contributed by atoms with E-state index in [0.29, 0.717) is 29.4 Å². The van der Waals surface area contributed by atoms with E-state index in [4.69, 9.17) is 9.47 Å². The summed E-state index contributed by atoms with van der Waals surface area (Å²) in [5.41, 5.74) is 0.146. The number of allylic oxidation sites excluding steroid dienone is 1. The minimum absolute atomic E-state index is 0.0466. The summed E-state index contributed by atoms with van der Waals surface area (Å²) in [7, 11) is 0. The van der Waals surface area contributed by atoms with E-state index in [1.807, 2.05) is 83.8 Å². The Morgan fingerprint density at radius 1 is 0.941 bits per heavy atom. The largest absolute Gasteiger partial charge is 0.455 e. The number of benzene rings is 2. The van der Waals surface area contributed by atoms with Crippen LogP contribution in [0, 0.1) is 11.8 Å². The SMILES string of the molecule is C[C@H]1NC(=O)CC/C=C\CN(C2CCCCC2)C(=O)[C@@H]2N([C@@H](CO)Cc3ccccc3)C(=O)[C@H]3[C@H](C(=O)O[C@@H]1c1ccccc1)[C@H]1O[C@@]23C=C1Br. The highest BCUT2D eigenvalue weighted by atomic mass is 79.9. The summed E-state index contributed by atoms with van der Waals surface area (Å²) in [5.74, 6) is -3.64. The standard InChI is InChI=1S/C40H46BrN3O7/c1-25-34(27-16-8-3-9-17-27)50-39(49)32-33-37(47)44(29(24-45)22-26-14-6-2-7-15-26)36(40(33)23-30(41)35(32)51-40)38(48)43(28-18-10-4-11-19-28)21-13-5-12-20-31(46)42-25/h2-3,5-9,13-17,23,25,28-29,32-36,45H,4,10-12,18-22,24H2,1H3,(H,42,46)/b13-5-/t25-,29-,32+,33-,34+,35+,36+,40-/m1/s1. The first-order chi connectivity index (χ1) is 24.7. The van der Waals surface area contributed by atoms with Crippen LogP contribution >= 0.6 is 15.9 Å². The molecule has 11 heteroatoms. The topological polar surface area (TPSA) is 125 Å². The Morgan fingerprint density at radius 3 is 2.35 bits per heavy atom. The first-order valence-electron chi connectivity index (χ1n) is 18.3. The molecule has 2 aromatic rings. The van der Waals surface area contributed by atoms with E-state index in [9.17, 15) is 19.5 Å². The molecule has 3 fully saturated rings. The second-order valence-corrected chi connectivity index (χ2v) is 15.4. The summed E-state index contributed by atoms with van der Waals surface area (Å²) in [5, 5.41) is 13.9. The van der Waals surface area contributed by atoms with Gasteiger partial charge in [0.2, 0.25) is 17.7 Å². The summed E-state index contributed by atoms with van der Waals surface area (Å²) in [4.78, 5) is 61.3.